The third-order valence-corrected chi connectivity index (χ3v) is 2.11. The summed E-state index contributed by atoms with van der Waals surface area (Å²) in [5.74, 6) is 0. The van der Waals surface area contributed by atoms with Gasteiger partial charge in [0.25, 0.3) is 0 Å². The van der Waals surface area contributed by atoms with Gasteiger partial charge >= 0.3 is 0 Å². The predicted octanol–water partition coefficient (Wildman–Crippen LogP) is 2.02. The van der Waals surface area contributed by atoms with Crippen LogP contribution in [0.5, 0.6) is 0 Å². The first-order valence-electron chi connectivity index (χ1n) is 3.97. The molecule has 1 heterocycles. The van der Waals surface area contributed by atoms with E-state index in [9.17, 15) is 0 Å². The van der Waals surface area contributed by atoms with Gasteiger partial charge in [-0.3, -0.25) is 0 Å². The number of hydrogen-bond donors (Lipinski definition) is 2. The van der Waals surface area contributed by atoms with E-state index in [0.29, 0.717) is 0 Å². The number of hydrogen-bond acceptors (Lipinski definition) is 2. The Labute approximate surface area is 78.5 Å². The van der Waals surface area contributed by atoms with Gasteiger partial charge in [0.1, 0.15) is 0 Å². The number of nitrogens with two attached hydrogens (primary N) is 1. The maximum atomic E-state index is 5.84. The standard InChI is InChI=1S/C9H14N2S/c1-3-4-7(10)9-8(12)5-6-11(9)2/h4-6,12H,3,10H2,1-2H3/b7-4+. The van der Waals surface area contributed by atoms with Crippen LogP contribution in [0.1, 0.15) is 19.0 Å². The Bertz CT molecular complexity index is 280. The molecule has 0 aromatic carbocycles. The minimum absolute atomic E-state index is 0.801. The van der Waals surface area contributed by atoms with E-state index in [4.69, 9.17) is 5.73 Å². The second kappa shape index (κ2) is 3.72. The lowest BCUT2D eigenvalue weighted by Gasteiger charge is -2.04. The molecule has 3 heteroatoms. The van der Waals surface area contributed by atoms with Gasteiger partial charge in [-0.15, -0.1) is 12.6 Å². The molecular weight excluding hydrogens is 168 g/mol. The highest BCUT2D eigenvalue weighted by Crippen LogP contribution is 2.19. The van der Waals surface area contributed by atoms with E-state index in [1.165, 1.54) is 0 Å². The van der Waals surface area contributed by atoms with E-state index in [1.54, 1.807) is 0 Å². The molecule has 0 aliphatic heterocycles. The zero-order valence-electron chi connectivity index (χ0n) is 7.41. The van der Waals surface area contributed by atoms with Crippen molar-refractivity contribution in [2.24, 2.45) is 12.8 Å². The van der Waals surface area contributed by atoms with Crippen molar-refractivity contribution in [1.82, 2.24) is 4.57 Å². The minimum Gasteiger partial charge on any atom is -0.397 e. The topological polar surface area (TPSA) is 30.9 Å². The second-order valence-corrected chi connectivity index (χ2v) is 3.21. The fourth-order valence-electron chi connectivity index (χ4n) is 1.18. The number of allylic oxidation sites excluding steroid dienone is 1. The number of thiol groups is 1. The molecule has 0 amide bonds. The van der Waals surface area contributed by atoms with Crippen LogP contribution in [0, 0.1) is 0 Å². The van der Waals surface area contributed by atoms with Crippen molar-refractivity contribution in [3.8, 4) is 0 Å². The molecule has 0 aliphatic rings. The molecule has 1 aromatic rings. The van der Waals surface area contributed by atoms with Crippen LogP contribution in [-0.2, 0) is 7.05 Å². The Morgan fingerprint density at radius 2 is 2.42 bits per heavy atom. The van der Waals surface area contributed by atoms with E-state index in [1.807, 2.05) is 30.0 Å². The Morgan fingerprint density at radius 3 is 2.83 bits per heavy atom. The third-order valence-electron chi connectivity index (χ3n) is 1.75. The molecule has 1 rings (SSSR count). The molecule has 0 aliphatic carbocycles. The highest BCUT2D eigenvalue weighted by atomic mass is 32.1. The van der Waals surface area contributed by atoms with Gasteiger partial charge in [0, 0.05) is 18.1 Å². The molecule has 66 valence electrons. The molecular formula is C9H14N2S. The van der Waals surface area contributed by atoms with Gasteiger partial charge in [-0.25, -0.2) is 0 Å². The van der Waals surface area contributed by atoms with Crippen molar-refractivity contribution in [2.75, 3.05) is 0 Å². The highest BCUT2D eigenvalue weighted by molar-refractivity contribution is 7.80. The lowest BCUT2D eigenvalue weighted by Crippen LogP contribution is -2.02. The van der Waals surface area contributed by atoms with Crippen LogP contribution in [-0.4, -0.2) is 4.57 Å². The van der Waals surface area contributed by atoms with E-state index in [2.05, 4.69) is 19.6 Å². The van der Waals surface area contributed by atoms with Gasteiger partial charge in [-0.05, 0) is 12.5 Å². The SMILES string of the molecule is CC/C=C(/N)c1c(S)ccn1C. The molecule has 2 nitrogen and oxygen atoms in total. The lowest BCUT2D eigenvalue weighted by molar-refractivity contribution is 0.895. The first-order chi connectivity index (χ1) is 5.66. The molecule has 0 unspecified atom stereocenters. The monoisotopic (exact) mass is 182 g/mol. The fourth-order valence-corrected chi connectivity index (χ4v) is 1.54. The quantitative estimate of drug-likeness (QED) is 0.674. The molecule has 2 N–H and O–H groups in total. The van der Waals surface area contributed by atoms with Crippen LogP contribution < -0.4 is 5.73 Å². The Hall–Kier alpha value is -0.830. The summed E-state index contributed by atoms with van der Waals surface area (Å²) in [5, 5.41) is 0. The summed E-state index contributed by atoms with van der Waals surface area (Å²) in [7, 11) is 1.96. The average Bonchev–Trinajstić information content (AvgIpc) is 2.32. The largest absolute Gasteiger partial charge is 0.397 e. The maximum absolute atomic E-state index is 5.84. The first kappa shape index (κ1) is 9.26. The summed E-state index contributed by atoms with van der Waals surface area (Å²) >= 11 is 4.31. The molecule has 0 bridgehead atoms. The van der Waals surface area contributed by atoms with E-state index in [0.717, 1.165) is 22.7 Å². The molecule has 0 fully saturated rings. The molecule has 12 heavy (non-hydrogen) atoms. The van der Waals surface area contributed by atoms with Crippen molar-refractivity contribution >= 4 is 18.3 Å². The third kappa shape index (κ3) is 1.67. The van der Waals surface area contributed by atoms with Crippen molar-refractivity contribution in [3.63, 3.8) is 0 Å². The van der Waals surface area contributed by atoms with Crippen molar-refractivity contribution in [1.29, 1.82) is 0 Å². The summed E-state index contributed by atoms with van der Waals surface area (Å²) in [4.78, 5) is 0.930. The average molecular weight is 182 g/mol. The van der Waals surface area contributed by atoms with E-state index < -0.39 is 0 Å². The summed E-state index contributed by atoms with van der Waals surface area (Å²) < 4.78 is 1.98. The zero-order chi connectivity index (χ0) is 9.14. The van der Waals surface area contributed by atoms with Crippen molar-refractivity contribution in [3.05, 3.63) is 24.0 Å². The molecule has 0 radical (unpaired) electrons. The van der Waals surface area contributed by atoms with Crippen LogP contribution in [0.25, 0.3) is 5.70 Å². The van der Waals surface area contributed by atoms with Gasteiger partial charge in [0.05, 0.1) is 11.4 Å². The van der Waals surface area contributed by atoms with Crippen LogP contribution in [0.2, 0.25) is 0 Å². The molecule has 0 saturated carbocycles. The second-order valence-electron chi connectivity index (χ2n) is 2.73. The van der Waals surface area contributed by atoms with Gasteiger partial charge in [-0.2, -0.15) is 0 Å². The predicted molar refractivity (Wildman–Crippen MR) is 55.1 cm³/mol. The molecule has 0 atom stereocenters. The Balaban J connectivity index is 3.09. The first-order valence-corrected chi connectivity index (χ1v) is 4.41. The lowest BCUT2D eigenvalue weighted by atomic mass is 10.3. The highest BCUT2D eigenvalue weighted by Gasteiger charge is 2.04. The minimum atomic E-state index is 0.801. The van der Waals surface area contributed by atoms with Crippen molar-refractivity contribution in [2.45, 2.75) is 18.2 Å². The Kier molecular flexibility index (Phi) is 2.87. The zero-order valence-corrected chi connectivity index (χ0v) is 8.31. The summed E-state index contributed by atoms with van der Waals surface area (Å²) in [5.41, 5.74) is 7.64. The summed E-state index contributed by atoms with van der Waals surface area (Å²) in [6, 6.07) is 1.94. The van der Waals surface area contributed by atoms with Gasteiger partial charge in [-0.1, -0.05) is 13.0 Å². The van der Waals surface area contributed by atoms with E-state index >= 15 is 0 Å². The fraction of sp³-hybridized carbons (Fsp3) is 0.333. The summed E-state index contributed by atoms with van der Waals surface area (Å²) in [6.07, 6.45) is 4.90. The van der Waals surface area contributed by atoms with Crippen LogP contribution >= 0.6 is 12.6 Å². The van der Waals surface area contributed by atoms with Crippen LogP contribution in [0.4, 0.5) is 0 Å². The normalized spacial score (nSPS) is 12.1. The maximum Gasteiger partial charge on any atom is 0.0769 e. The van der Waals surface area contributed by atoms with Gasteiger partial charge < -0.3 is 10.3 Å². The molecule has 0 spiro atoms. The number of aromatic nitrogens is 1. The molecule has 1 aromatic heterocycles. The smallest absolute Gasteiger partial charge is 0.0769 e. The van der Waals surface area contributed by atoms with E-state index in [-0.39, 0.29) is 0 Å². The number of rotatable bonds is 2. The number of nitrogens with zero attached hydrogens (tertiary/aromatic N) is 1. The van der Waals surface area contributed by atoms with Crippen LogP contribution in [0.3, 0.4) is 0 Å². The van der Waals surface area contributed by atoms with Crippen LogP contribution in [0.15, 0.2) is 23.2 Å². The van der Waals surface area contributed by atoms with Gasteiger partial charge in [0.15, 0.2) is 0 Å². The summed E-state index contributed by atoms with van der Waals surface area (Å²) in [6.45, 7) is 2.06. The van der Waals surface area contributed by atoms with Crippen molar-refractivity contribution < 1.29 is 0 Å². The molecule has 0 saturated heterocycles. The Morgan fingerprint density at radius 1 is 1.75 bits per heavy atom. The number of aryl methyl sites for hydroxylation is 1. The van der Waals surface area contributed by atoms with Gasteiger partial charge in [0.2, 0.25) is 0 Å².